The number of nitrogens with one attached hydrogen (secondary N) is 6. The summed E-state index contributed by atoms with van der Waals surface area (Å²) in [5.41, 5.74) is -10.1. The first-order valence-electron chi connectivity index (χ1n) is 45.4. The van der Waals surface area contributed by atoms with Gasteiger partial charge in [-0.05, 0) is 140 Å². The fraction of sp³-hybridized carbons (Fsp3) is 0.750. The van der Waals surface area contributed by atoms with Crippen LogP contribution in [0.4, 0.5) is 22.0 Å². The molecule has 1 heterocycles. The Bertz CT molecular complexity index is 4430. The summed E-state index contributed by atoms with van der Waals surface area (Å²) < 4.78 is 168. The van der Waals surface area contributed by atoms with Crippen LogP contribution >= 0.6 is 0 Å². The Morgan fingerprint density at radius 2 is 0.883 bits per heavy atom. The first kappa shape index (κ1) is 117. The Kier molecular flexibility index (Phi) is 44.0. The minimum Gasteiger partial charge on any atom is -0.465 e. The van der Waals surface area contributed by atoms with Gasteiger partial charge in [-0.2, -0.15) is 8.78 Å². The smallest absolute Gasteiger partial charge is 0.311 e. The van der Waals surface area contributed by atoms with Crippen molar-refractivity contribution in [1.29, 1.82) is 0 Å². The van der Waals surface area contributed by atoms with Crippen LogP contribution in [0, 0.1) is 46.8 Å². The Hall–Kier alpha value is -10.4. The van der Waals surface area contributed by atoms with Crippen molar-refractivity contribution in [1.82, 2.24) is 36.8 Å². The van der Waals surface area contributed by atoms with Crippen molar-refractivity contribution < 1.29 is 179 Å². The third kappa shape index (κ3) is 38.0. The van der Waals surface area contributed by atoms with Gasteiger partial charge in [0.2, 0.25) is 76.2 Å². The second-order valence-corrected chi connectivity index (χ2v) is 38.6. The van der Waals surface area contributed by atoms with Crippen LogP contribution in [-0.4, -0.2) is 278 Å². The van der Waals surface area contributed by atoms with Crippen LogP contribution in [0.2, 0.25) is 0 Å². The van der Waals surface area contributed by atoms with Gasteiger partial charge in [0, 0.05) is 150 Å². The topological polar surface area (TPSA) is 513 Å². The molecular weight excluding hydrogens is 1830 g/mol. The number of carbonyl (C=O) groups excluding carboxylic acids is 17. The fourth-order valence-electron chi connectivity index (χ4n) is 17.2. The molecule has 4 aliphatic rings. The number of rotatable bonds is 33. The summed E-state index contributed by atoms with van der Waals surface area (Å²) in [6, 6.07) is -4.22. The Morgan fingerprint density at radius 1 is 0.474 bits per heavy atom. The number of nitrogens with zero attached hydrogens (tertiary/aromatic N) is 1. The monoisotopic (exact) mass is 1960 g/mol. The van der Waals surface area contributed by atoms with Gasteiger partial charge in [-0.15, -0.1) is 0 Å². The maximum Gasteiger partial charge on any atom is 0.311 e. The van der Waals surface area contributed by atoms with Gasteiger partial charge in [0.05, 0.1) is 101 Å². The van der Waals surface area contributed by atoms with Crippen LogP contribution in [-0.2, 0) is 153 Å². The van der Waals surface area contributed by atoms with Crippen LogP contribution in [0.5, 0.6) is 5.75 Å². The number of halogens is 5. The van der Waals surface area contributed by atoms with Crippen LogP contribution in [0.15, 0.2) is 0 Å². The lowest BCUT2D eigenvalue weighted by Crippen LogP contribution is -2.72. The van der Waals surface area contributed by atoms with Gasteiger partial charge in [-0.3, -0.25) is 81.5 Å². The third-order valence-electron chi connectivity index (χ3n) is 23.2. The molecule has 0 radical (unpaired) electrons. The number of carbonyl (C=O) groups is 17. The van der Waals surface area contributed by atoms with Crippen LogP contribution in [0.25, 0.3) is 0 Å². The number of fused-ring (bicyclic) bond motifs is 1. The van der Waals surface area contributed by atoms with E-state index in [1.807, 2.05) is 0 Å². The number of benzene rings is 1. The van der Waals surface area contributed by atoms with Crippen LogP contribution in [0.1, 0.15) is 256 Å². The molecule has 4 fully saturated rings. The lowest BCUT2D eigenvalue weighted by molar-refractivity contribution is -0.266. The highest BCUT2D eigenvalue weighted by molar-refractivity contribution is 5.81. The maximum atomic E-state index is 15.6. The minimum absolute atomic E-state index is 0.0255. The van der Waals surface area contributed by atoms with E-state index in [9.17, 15) is 98.7 Å². The van der Waals surface area contributed by atoms with Crippen molar-refractivity contribution in [2.75, 3.05) is 59.5 Å². The van der Waals surface area contributed by atoms with E-state index in [1.165, 1.54) is 25.7 Å². The molecule has 3 aliphatic carbocycles. The fourth-order valence-corrected chi connectivity index (χ4v) is 17.2. The molecule has 17 atom stereocenters. The van der Waals surface area contributed by atoms with Gasteiger partial charge in [0.25, 0.3) is 0 Å². The number of esters is 10. The molecule has 3 saturated carbocycles. The van der Waals surface area contributed by atoms with Gasteiger partial charge in [0.15, 0.2) is 18.3 Å². The second-order valence-electron chi connectivity index (χ2n) is 38.6. The number of hydrogen-bond acceptors (Lipinski definition) is 33. The van der Waals surface area contributed by atoms with E-state index < -0.39 is 344 Å². The summed E-state index contributed by atoms with van der Waals surface area (Å²) in [4.78, 5) is 230. The minimum atomic E-state index is -2.52. The van der Waals surface area contributed by atoms with E-state index in [1.54, 1.807) is 69.2 Å². The summed E-state index contributed by atoms with van der Waals surface area (Å²) in [6.07, 6.45) is -16.5. The molecule has 137 heavy (non-hydrogen) atoms. The van der Waals surface area contributed by atoms with E-state index in [0.29, 0.717) is 0 Å². The molecule has 40 nitrogen and oxygen atoms in total. The molecule has 0 aromatic heterocycles. The molecule has 1 aromatic rings. The number of amides is 7. The predicted molar refractivity (Wildman–Crippen MR) is 468 cm³/mol. The third-order valence-corrected chi connectivity index (χ3v) is 23.2. The molecule has 45 heteroatoms. The SMILES string of the molecule is CC(=O)NC1C(OC(C)(C)CCC(C)(C)NC(=O)CCOCC2(NC(=O)CCCC(=O)Oc3c(F)c(F)c(F)c(F)c3F)COCCC(=O)NC(C)(C)CCC(C)(C)OC3CC(COC(C)=O)C(OC(C)=O)C(OC(C)=O)C3N(C(C)=O)C(C)(OC3CC(COC(C)=O)C(OC(C)=O)C(OC(C)=O)C3NC(C)=O)CCC(C)(C)NC(=O)CCOC2)CC(COC(C)=O)C(OC(C)=O)C1OC(C)=O. The standard InChI is InChI=1S/C92H138F5N7O33/c1-48(105)98-76-63(39-60(42-125-51(4)108)79(128-54(7)111)83(76)131-57(10)114)135-89(19,20)33-30-86(13,14)100-67(118)27-36-122-45-92(103-66(117)25-24-26-70(121)134-82-74(96)72(94)71(93)73(95)75(82)97)46-123-37-28-68(119)101-87(15,16)31-34-90(21,22)136-65-41-62(44-127-53(6)110)81(130-56(9)113)85(133-59(12)116)78(65)104(50(3)107)91(23,35-32-88(17,18)102-69(120)29-38-124-47-92)137-64-40-61(43-126-52(5)109)80(129-55(8)112)84(132-58(11)115)77(64)99-49(2)106/h60-65,76-81,83-85H,24-47H2,1-23H3,(H,98,105)(H,99,106)(H,100,118)(H,101,119)(H,102,120)(H,103,117). The molecule has 7 amide bonds. The first-order valence-corrected chi connectivity index (χ1v) is 45.4. The number of hydrogen-bond donors (Lipinski definition) is 6. The van der Waals surface area contributed by atoms with Gasteiger partial charge in [-0.1, -0.05) is 0 Å². The summed E-state index contributed by atoms with van der Waals surface area (Å²) in [5, 5.41) is 17.2. The van der Waals surface area contributed by atoms with Crippen molar-refractivity contribution in [2.24, 2.45) is 17.8 Å². The molecule has 1 aliphatic heterocycles. The largest absolute Gasteiger partial charge is 0.465 e. The van der Waals surface area contributed by atoms with Crippen molar-refractivity contribution in [3.63, 3.8) is 0 Å². The zero-order valence-electron chi connectivity index (χ0n) is 82.4. The van der Waals surface area contributed by atoms with E-state index in [2.05, 4.69) is 36.6 Å². The quantitative estimate of drug-likeness (QED) is 0.00824. The highest BCUT2D eigenvalue weighted by Crippen LogP contribution is 2.46. The molecule has 1 aromatic carbocycles. The van der Waals surface area contributed by atoms with Crippen molar-refractivity contribution in [3.8, 4) is 5.75 Å². The molecular formula is C92H138F5N7O33. The first-order chi connectivity index (χ1) is 63.4. The highest BCUT2D eigenvalue weighted by Gasteiger charge is 2.60. The molecule has 774 valence electrons. The molecule has 0 spiro atoms. The van der Waals surface area contributed by atoms with Gasteiger partial charge in [-0.25, -0.2) is 13.2 Å². The number of ether oxygens (including phenoxy) is 16. The molecule has 0 bridgehead atoms. The van der Waals surface area contributed by atoms with Crippen molar-refractivity contribution in [2.45, 2.75) is 368 Å². The van der Waals surface area contributed by atoms with Crippen molar-refractivity contribution in [3.05, 3.63) is 29.1 Å². The van der Waals surface area contributed by atoms with Gasteiger partial charge >= 0.3 is 59.7 Å². The lowest BCUT2D eigenvalue weighted by atomic mass is 9.76. The van der Waals surface area contributed by atoms with Crippen LogP contribution in [0.3, 0.4) is 0 Å². The predicted octanol–water partition coefficient (Wildman–Crippen LogP) is 6.57. The van der Waals surface area contributed by atoms with E-state index in [0.717, 1.165) is 69.2 Å². The van der Waals surface area contributed by atoms with E-state index >= 15 is 4.79 Å². The molecule has 17 unspecified atom stereocenters. The van der Waals surface area contributed by atoms with E-state index in [-0.39, 0.29) is 77.2 Å². The van der Waals surface area contributed by atoms with Gasteiger partial charge in [0.1, 0.15) is 35.6 Å². The average Bonchev–Trinajstić information content (AvgIpc) is 0.751. The molecule has 6 N–H and O–H groups in total. The Morgan fingerprint density at radius 3 is 1.32 bits per heavy atom. The molecule has 5 rings (SSSR count). The van der Waals surface area contributed by atoms with Gasteiger partial charge < -0.3 is 113 Å². The lowest BCUT2D eigenvalue weighted by Gasteiger charge is -2.56. The zero-order valence-corrected chi connectivity index (χ0v) is 82.4. The van der Waals surface area contributed by atoms with Crippen LogP contribution < -0.4 is 36.6 Å². The Labute approximate surface area is 793 Å². The van der Waals surface area contributed by atoms with Crippen molar-refractivity contribution >= 4 is 101 Å². The summed E-state index contributed by atoms with van der Waals surface area (Å²) >= 11 is 0. The van der Waals surface area contributed by atoms with E-state index in [4.69, 9.17) is 71.1 Å². The second kappa shape index (κ2) is 51.5. The molecule has 1 saturated heterocycles. The maximum absolute atomic E-state index is 15.6. The highest BCUT2D eigenvalue weighted by atomic mass is 19.2. The average molecular weight is 1970 g/mol. The summed E-state index contributed by atoms with van der Waals surface area (Å²) in [6.45, 7) is 27.4. The normalized spacial score (nSPS) is 26.9. The Balaban J connectivity index is 1.62. The summed E-state index contributed by atoms with van der Waals surface area (Å²) in [5.74, 6) is -31.0. The zero-order chi connectivity index (χ0) is 104. The summed E-state index contributed by atoms with van der Waals surface area (Å²) in [7, 11) is 0.